The van der Waals surface area contributed by atoms with Crippen LogP contribution >= 0.6 is 11.3 Å². The van der Waals surface area contributed by atoms with Gasteiger partial charge in [-0.2, -0.15) is 10.2 Å². The van der Waals surface area contributed by atoms with Crippen LogP contribution in [0.5, 0.6) is 5.88 Å². The molecule has 0 saturated carbocycles. The highest BCUT2D eigenvalue weighted by Crippen LogP contribution is 2.38. The lowest BCUT2D eigenvalue weighted by atomic mass is 10.1. The lowest BCUT2D eigenvalue weighted by Gasteiger charge is -2.28. The van der Waals surface area contributed by atoms with Gasteiger partial charge in [-0.15, -0.1) is 11.3 Å². The summed E-state index contributed by atoms with van der Waals surface area (Å²) in [7, 11) is 0. The average molecular weight is 507 g/mol. The number of pyridine rings is 2. The van der Waals surface area contributed by atoms with Crippen LogP contribution in [0.3, 0.4) is 0 Å². The van der Waals surface area contributed by atoms with Crippen molar-refractivity contribution in [3.05, 3.63) is 35.0 Å². The molecular formula is C24H26N8O3S. The molecule has 0 amide bonds. The lowest BCUT2D eigenvalue weighted by Crippen LogP contribution is -2.39. The first-order valence-corrected chi connectivity index (χ1v) is 13.2. The molecule has 12 heteroatoms. The molecule has 5 aromatic rings. The number of aliphatic hydroxyl groups is 1. The molecule has 0 aliphatic carbocycles. The van der Waals surface area contributed by atoms with Crippen molar-refractivity contribution in [2.24, 2.45) is 0 Å². The topological polar surface area (TPSA) is 126 Å². The average Bonchev–Trinajstić information content (AvgIpc) is 3.57. The predicted octanol–water partition coefficient (Wildman–Crippen LogP) is 2.65. The van der Waals surface area contributed by atoms with Gasteiger partial charge in [0.2, 0.25) is 5.88 Å². The number of ether oxygens (including phenoxy) is 1. The zero-order valence-electron chi connectivity index (χ0n) is 19.6. The maximum absolute atomic E-state index is 13.1. The zero-order chi connectivity index (χ0) is 24.2. The normalized spacial score (nSPS) is 17.5. The molecule has 11 nitrogen and oxygen atoms in total. The molecule has 0 radical (unpaired) electrons. The minimum Gasteiger partial charge on any atom is -0.477 e. The summed E-state index contributed by atoms with van der Waals surface area (Å²) in [5, 5.41) is 23.3. The van der Waals surface area contributed by atoms with Crippen LogP contribution < -0.4 is 15.6 Å². The second kappa shape index (κ2) is 8.57. The minimum absolute atomic E-state index is 0.220. The van der Waals surface area contributed by atoms with Crippen molar-refractivity contribution in [1.82, 2.24) is 34.3 Å². The number of fused-ring (bicyclic) bond motifs is 6. The molecule has 36 heavy (non-hydrogen) atoms. The third-order valence-corrected chi connectivity index (χ3v) is 8.05. The number of β-amino-alcohol motifs (C(OH)–C–C–N with tert-alkyl or cyclic N) is 1. The molecule has 0 bridgehead atoms. The first kappa shape index (κ1) is 21.8. The van der Waals surface area contributed by atoms with Crippen molar-refractivity contribution in [2.45, 2.75) is 38.5 Å². The molecule has 186 valence electrons. The number of piperidine rings is 1. The van der Waals surface area contributed by atoms with Gasteiger partial charge in [-0.3, -0.25) is 14.7 Å². The lowest BCUT2D eigenvalue weighted by molar-refractivity contribution is 0.119. The van der Waals surface area contributed by atoms with E-state index in [4.69, 9.17) is 9.84 Å². The number of anilines is 1. The Morgan fingerprint density at radius 1 is 1.17 bits per heavy atom. The molecular weight excluding hydrogens is 480 g/mol. The summed E-state index contributed by atoms with van der Waals surface area (Å²) in [5.74, 6) is 0.763. The van der Waals surface area contributed by atoms with E-state index in [0.29, 0.717) is 40.8 Å². The maximum atomic E-state index is 13.1. The van der Waals surface area contributed by atoms with Gasteiger partial charge in [0.1, 0.15) is 27.5 Å². The van der Waals surface area contributed by atoms with E-state index < -0.39 is 6.23 Å². The van der Waals surface area contributed by atoms with E-state index in [1.54, 1.807) is 16.8 Å². The first-order chi connectivity index (χ1) is 17.6. The third-order valence-electron chi connectivity index (χ3n) is 6.92. The fourth-order valence-corrected chi connectivity index (χ4v) is 6.31. The number of aromatic amines is 1. The van der Waals surface area contributed by atoms with E-state index in [-0.39, 0.29) is 5.56 Å². The predicted molar refractivity (Wildman–Crippen MR) is 138 cm³/mol. The molecule has 3 N–H and O–H groups in total. The van der Waals surface area contributed by atoms with Gasteiger partial charge in [-0.1, -0.05) is 6.42 Å². The Balaban J connectivity index is 1.22. The molecule has 7 rings (SSSR count). The number of thiazole rings is 1. The first-order valence-electron chi connectivity index (χ1n) is 12.3. The second-order valence-corrected chi connectivity index (χ2v) is 10.5. The number of aryl methyl sites for hydroxylation is 1. The molecule has 1 saturated heterocycles. The molecule has 2 aliphatic rings. The van der Waals surface area contributed by atoms with Crippen molar-refractivity contribution in [2.75, 3.05) is 31.6 Å². The standard InChI is InChI=1S/C24H26N8O3S/c33-18(13-30-5-2-1-3-6-30)27-14-9-16-20(25-10-14)21-19(22(34)28-16)24-32(29-21)12-17(36-24)15-11-26-31-7-4-8-35-23(15)31/h9-12,18,27,33H,1-8,13H2,(H,28,34). The van der Waals surface area contributed by atoms with E-state index in [2.05, 4.69) is 25.3 Å². The monoisotopic (exact) mass is 506 g/mol. The third kappa shape index (κ3) is 3.64. The number of H-pyrrole nitrogens is 1. The van der Waals surface area contributed by atoms with Gasteiger partial charge in [0.05, 0.1) is 40.6 Å². The highest BCUT2D eigenvalue weighted by Gasteiger charge is 2.22. The Hall–Kier alpha value is -3.48. The summed E-state index contributed by atoms with van der Waals surface area (Å²) >= 11 is 1.48. The summed E-state index contributed by atoms with van der Waals surface area (Å²) in [6, 6.07) is 1.80. The van der Waals surface area contributed by atoms with Crippen molar-refractivity contribution in [3.8, 4) is 16.3 Å². The van der Waals surface area contributed by atoms with Crippen LogP contribution in [0.2, 0.25) is 0 Å². The van der Waals surface area contributed by atoms with Gasteiger partial charge in [-0.25, -0.2) is 9.20 Å². The van der Waals surface area contributed by atoms with Gasteiger partial charge in [0, 0.05) is 25.7 Å². The van der Waals surface area contributed by atoms with E-state index in [1.807, 2.05) is 17.1 Å². The number of aliphatic hydroxyl groups excluding tert-OH is 1. The number of hydrogen-bond donors (Lipinski definition) is 3. The van der Waals surface area contributed by atoms with Crippen LogP contribution in [0, 0.1) is 0 Å². The van der Waals surface area contributed by atoms with E-state index in [9.17, 15) is 9.90 Å². The Kier molecular flexibility index (Phi) is 5.19. The Morgan fingerprint density at radius 3 is 2.94 bits per heavy atom. The van der Waals surface area contributed by atoms with Crippen LogP contribution in [-0.2, 0) is 6.54 Å². The summed E-state index contributed by atoms with van der Waals surface area (Å²) in [6.07, 6.45) is 9.22. The van der Waals surface area contributed by atoms with E-state index in [0.717, 1.165) is 47.2 Å². The molecule has 0 spiro atoms. The van der Waals surface area contributed by atoms with Crippen LogP contribution in [0.4, 0.5) is 5.69 Å². The highest BCUT2D eigenvalue weighted by molar-refractivity contribution is 7.21. The molecule has 7 heterocycles. The van der Waals surface area contributed by atoms with Gasteiger partial charge in [-0.05, 0) is 32.0 Å². The number of aromatic nitrogens is 6. The number of nitrogens with zero attached hydrogens (tertiary/aromatic N) is 6. The summed E-state index contributed by atoms with van der Waals surface area (Å²) in [6.45, 7) is 4.09. The second-order valence-electron chi connectivity index (χ2n) is 9.45. The van der Waals surface area contributed by atoms with Gasteiger partial charge in [0.25, 0.3) is 5.56 Å². The quantitative estimate of drug-likeness (QED) is 0.311. The largest absolute Gasteiger partial charge is 0.477 e. The molecule has 5 aromatic heterocycles. The molecule has 0 aromatic carbocycles. The van der Waals surface area contributed by atoms with Crippen LogP contribution in [0.15, 0.2) is 29.5 Å². The summed E-state index contributed by atoms with van der Waals surface area (Å²) in [5.41, 5.74) is 3.09. The highest BCUT2D eigenvalue weighted by atomic mass is 32.1. The van der Waals surface area contributed by atoms with Crippen molar-refractivity contribution in [1.29, 1.82) is 0 Å². The number of rotatable bonds is 5. The molecule has 1 atom stereocenters. The SMILES string of the molecule is O=c1[nH]c2cc(NC(O)CN3CCCCC3)cnc2c2nn3cc(-c4cnn5c4OCCC5)sc3c12. The molecule has 1 fully saturated rings. The maximum Gasteiger partial charge on any atom is 0.261 e. The van der Waals surface area contributed by atoms with Crippen molar-refractivity contribution < 1.29 is 9.84 Å². The zero-order valence-corrected chi connectivity index (χ0v) is 20.4. The Bertz CT molecular complexity index is 1640. The number of nitrogens with one attached hydrogen (secondary N) is 2. The van der Waals surface area contributed by atoms with Gasteiger partial charge in [0.15, 0.2) is 0 Å². The number of hydrogen-bond acceptors (Lipinski definition) is 9. The summed E-state index contributed by atoms with van der Waals surface area (Å²) in [4.78, 5) is 24.7. The molecule has 2 aliphatic heterocycles. The summed E-state index contributed by atoms with van der Waals surface area (Å²) < 4.78 is 9.46. The van der Waals surface area contributed by atoms with Gasteiger partial charge < -0.3 is 20.1 Å². The van der Waals surface area contributed by atoms with Gasteiger partial charge >= 0.3 is 0 Å². The van der Waals surface area contributed by atoms with E-state index in [1.165, 1.54) is 30.6 Å². The van der Waals surface area contributed by atoms with Crippen LogP contribution in [-0.4, -0.2) is 71.8 Å². The van der Waals surface area contributed by atoms with Crippen molar-refractivity contribution in [3.63, 3.8) is 0 Å². The smallest absolute Gasteiger partial charge is 0.261 e. The Morgan fingerprint density at radius 2 is 2.06 bits per heavy atom. The van der Waals surface area contributed by atoms with Crippen LogP contribution in [0.1, 0.15) is 25.7 Å². The Labute approximate surface area is 209 Å². The fourth-order valence-electron chi connectivity index (χ4n) is 5.22. The van der Waals surface area contributed by atoms with E-state index >= 15 is 0 Å². The van der Waals surface area contributed by atoms with Crippen molar-refractivity contribution >= 4 is 43.8 Å². The fraction of sp³-hybridized carbons (Fsp3) is 0.417. The minimum atomic E-state index is -0.715. The van der Waals surface area contributed by atoms with Crippen LogP contribution in [0.25, 0.3) is 37.2 Å². The number of likely N-dealkylation sites (tertiary alicyclic amines) is 1. The molecule has 1 unspecified atom stereocenters.